The zero-order chi connectivity index (χ0) is 31.4. The van der Waals surface area contributed by atoms with Crippen LogP contribution >= 0.6 is 23.2 Å². The van der Waals surface area contributed by atoms with Crippen molar-refractivity contribution in [1.29, 1.82) is 0 Å². The molecule has 3 aromatic carbocycles. The van der Waals surface area contributed by atoms with Gasteiger partial charge in [-0.25, -0.2) is 0 Å². The van der Waals surface area contributed by atoms with E-state index < -0.39 is 6.10 Å². The Kier molecular flexibility index (Phi) is 9.96. The van der Waals surface area contributed by atoms with Gasteiger partial charge in [0.25, 0.3) is 0 Å². The minimum Gasteiger partial charge on any atom is -0.495 e. The first kappa shape index (κ1) is 31.6. The Hall–Kier alpha value is -3.82. The number of carbonyl (C=O) groups is 1. The second-order valence-corrected chi connectivity index (χ2v) is 11.4. The monoisotopic (exact) mass is 634 g/mol. The van der Waals surface area contributed by atoms with Crippen LogP contribution in [-0.2, 0) is 11.2 Å². The van der Waals surface area contributed by atoms with E-state index in [1.165, 1.54) is 20.3 Å². The summed E-state index contributed by atoms with van der Waals surface area (Å²) >= 11 is 13.1. The smallest absolute Gasteiger partial charge is 0.247 e. The normalized spacial score (nSPS) is 14.4. The Morgan fingerprint density at radius 3 is 2.36 bits per heavy atom. The summed E-state index contributed by atoms with van der Waals surface area (Å²) in [5.41, 5.74) is 5.28. The first-order valence-electron chi connectivity index (χ1n) is 14.5. The zero-order valence-corrected chi connectivity index (χ0v) is 26.6. The molecule has 0 saturated carbocycles. The number of aromatic nitrogens is 1. The van der Waals surface area contributed by atoms with Crippen LogP contribution in [0.1, 0.15) is 35.4 Å². The Morgan fingerprint density at radius 2 is 1.73 bits per heavy atom. The maximum absolute atomic E-state index is 12.3. The fourth-order valence-electron chi connectivity index (χ4n) is 5.50. The van der Waals surface area contributed by atoms with Gasteiger partial charge in [0.2, 0.25) is 5.91 Å². The number of carbonyl (C=O) groups excluding carboxylic acids is 1. The number of benzene rings is 3. The highest BCUT2D eigenvalue weighted by atomic mass is 35.5. The number of nitrogens with one attached hydrogen (secondary N) is 1. The summed E-state index contributed by atoms with van der Waals surface area (Å²) in [5, 5.41) is 15.6. The molecule has 0 aliphatic carbocycles. The number of amides is 1. The van der Waals surface area contributed by atoms with Gasteiger partial charge in [0, 0.05) is 66.7 Å². The van der Waals surface area contributed by atoms with E-state index in [0.717, 1.165) is 66.3 Å². The van der Waals surface area contributed by atoms with Gasteiger partial charge < -0.3 is 29.7 Å². The van der Waals surface area contributed by atoms with Crippen LogP contribution in [0, 0.1) is 0 Å². The first-order valence-corrected chi connectivity index (χ1v) is 15.2. The minimum atomic E-state index is -1.12. The van der Waals surface area contributed by atoms with Gasteiger partial charge >= 0.3 is 0 Å². The Bertz CT molecular complexity index is 1660. The number of hydrogen-bond donors (Lipinski definition) is 2. The number of hydrogen-bond acceptors (Lipinski definition) is 7. The quantitative estimate of drug-likeness (QED) is 0.193. The number of rotatable bonds is 10. The van der Waals surface area contributed by atoms with Crippen molar-refractivity contribution in [2.75, 3.05) is 57.2 Å². The number of aliphatic hydroxyl groups excluding tert-OH is 1. The van der Waals surface area contributed by atoms with E-state index in [4.69, 9.17) is 37.7 Å². The Labute approximate surface area is 267 Å². The Balaban J connectivity index is 1.41. The molecule has 5 rings (SSSR count). The van der Waals surface area contributed by atoms with E-state index >= 15 is 0 Å². The molecule has 1 saturated heterocycles. The molecule has 0 bridgehead atoms. The largest absolute Gasteiger partial charge is 0.495 e. The number of nitrogens with zero attached hydrogens (tertiary/aromatic N) is 3. The van der Waals surface area contributed by atoms with Crippen LogP contribution in [0.4, 0.5) is 11.4 Å². The summed E-state index contributed by atoms with van der Waals surface area (Å²) in [5.74, 6) is 0.445. The molecule has 2 N–H and O–H groups in total. The van der Waals surface area contributed by atoms with Crippen LogP contribution in [0.15, 0.2) is 67.3 Å². The summed E-state index contributed by atoms with van der Waals surface area (Å²) in [6, 6.07) is 17.2. The third kappa shape index (κ3) is 6.64. The molecule has 1 aliphatic rings. The molecule has 44 heavy (non-hydrogen) atoms. The molecular formula is C34H36Cl2N4O4. The van der Waals surface area contributed by atoms with E-state index in [0.29, 0.717) is 29.0 Å². The molecule has 1 atom stereocenters. The van der Waals surface area contributed by atoms with Gasteiger partial charge in [0.05, 0.1) is 29.8 Å². The minimum absolute atomic E-state index is 0.216. The fourth-order valence-corrected chi connectivity index (χ4v) is 6.21. The first-order chi connectivity index (χ1) is 21.3. The van der Waals surface area contributed by atoms with Crippen LogP contribution in [0.25, 0.3) is 10.9 Å². The van der Waals surface area contributed by atoms with Crippen molar-refractivity contribution >= 4 is 51.4 Å². The summed E-state index contributed by atoms with van der Waals surface area (Å²) in [6.07, 6.45) is 0.674. The molecule has 8 nitrogen and oxygen atoms in total. The standard InChI is InChI=1S/C34H36Cl2N4O4/c1-5-30(41)38-27-19-25(40-15-13-39(6-2)14-16-40)11-8-22(27)18-24-10-7-21-17-23(9-12-26(21)37-24)34(42)31-32(35)28(43-3)20-29(44-4)33(31)36/h5,7-12,17,19-20,34,42H,1,6,13-16,18H2,2-4H3,(H,38,41). The summed E-state index contributed by atoms with van der Waals surface area (Å²) in [6.45, 7) is 10.8. The van der Waals surface area contributed by atoms with Gasteiger partial charge in [-0.05, 0) is 54.1 Å². The molecule has 1 unspecified atom stereocenters. The molecule has 10 heteroatoms. The van der Waals surface area contributed by atoms with Crippen molar-refractivity contribution < 1.29 is 19.4 Å². The molecule has 1 fully saturated rings. The summed E-state index contributed by atoms with van der Waals surface area (Å²) in [7, 11) is 2.98. The second kappa shape index (κ2) is 13.9. The van der Waals surface area contributed by atoms with Crippen molar-refractivity contribution in [2.24, 2.45) is 0 Å². The fraction of sp³-hybridized carbons (Fsp3) is 0.294. The van der Waals surface area contributed by atoms with E-state index in [1.807, 2.05) is 30.3 Å². The Morgan fingerprint density at radius 1 is 1.02 bits per heavy atom. The molecule has 0 radical (unpaired) electrons. The molecule has 1 amide bonds. The van der Waals surface area contributed by atoms with E-state index in [1.54, 1.807) is 12.1 Å². The van der Waals surface area contributed by atoms with E-state index in [2.05, 4.69) is 40.8 Å². The predicted molar refractivity (Wildman–Crippen MR) is 178 cm³/mol. The van der Waals surface area contributed by atoms with Crippen LogP contribution in [0.5, 0.6) is 11.5 Å². The average Bonchev–Trinajstić information content (AvgIpc) is 3.05. The highest BCUT2D eigenvalue weighted by Gasteiger charge is 2.25. The lowest BCUT2D eigenvalue weighted by molar-refractivity contribution is -0.111. The highest BCUT2D eigenvalue weighted by Crippen LogP contribution is 2.45. The molecule has 0 spiro atoms. The van der Waals surface area contributed by atoms with Crippen LogP contribution in [0.2, 0.25) is 10.0 Å². The topological polar surface area (TPSA) is 87.2 Å². The molecule has 230 valence electrons. The third-order valence-electron chi connectivity index (χ3n) is 8.06. The van der Waals surface area contributed by atoms with Crippen molar-refractivity contribution in [2.45, 2.75) is 19.4 Å². The van der Waals surface area contributed by atoms with Crippen molar-refractivity contribution in [1.82, 2.24) is 9.88 Å². The van der Waals surface area contributed by atoms with Gasteiger partial charge in [0.15, 0.2) is 0 Å². The molecule has 1 aliphatic heterocycles. The number of anilines is 2. The van der Waals surface area contributed by atoms with Crippen LogP contribution in [0.3, 0.4) is 0 Å². The maximum atomic E-state index is 12.3. The number of likely N-dealkylation sites (N-methyl/N-ethyl adjacent to an activating group) is 1. The number of halogens is 2. The lowest BCUT2D eigenvalue weighted by Gasteiger charge is -2.35. The number of piperazine rings is 1. The number of pyridine rings is 1. The lowest BCUT2D eigenvalue weighted by Crippen LogP contribution is -2.46. The molecular weight excluding hydrogens is 599 g/mol. The maximum Gasteiger partial charge on any atom is 0.247 e. The van der Waals surface area contributed by atoms with Crippen molar-refractivity contribution in [3.63, 3.8) is 0 Å². The average molecular weight is 636 g/mol. The summed E-state index contributed by atoms with van der Waals surface area (Å²) < 4.78 is 10.7. The van der Waals surface area contributed by atoms with E-state index in [9.17, 15) is 9.90 Å². The number of ether oxygens (including phenoxy) is 2. The summed E-state index contributed by atoms with van der Waals surface area (Å²) in [4.78, 5) is 22.0. The van der Waals surface area contributed by atoms with E-state index in [-0.39, 0.29) is 16.0 Å². The molecule has 4 aromatic rings. The van der Waals surface area contributed by atoms with Crippen LogP contribution in [-0.4, -0.2) is 67.8 Å². The second-order valence-electron chi connectivity index (χ2n) is 10.6. The third-order valence-corrected chi connectivity index (χ3v) is 8.84. The van der Waals surface area contributed by atoms with Gasteiger partial charge in [-0.1, -0.05) is 54.9 Å². The predicted octanol–water partition coefficient (Wildman–Crippen LogP) is 6.50. The molecule has 2 heterocycles. The highest BCUT2D eigenvalue weighted by molar-refractivity contribution is 6.38. The SMILES string of the molecule is C=CC(=O)Nc1cc(N2CCN(CC)CC2)ccc1Cc1ccc2cc(C(O)c3c(Cl)c(OC)cc(OC)c3Cl)ccc2n1. The van der Waals surface area contributed by atoms with Gasteiger partial charge in [-0.15, -0.1) is 0 Å². The van der Waals surface area contributed by atoms with Gasteiger partial charge in [-0.2, -0.15) is 0 Å². The van der Waals surface area contributed by atoms with Crippen molar-refractivity contribution in [3.05, 3.63) is 99.7 Å². The number of fused-ring (bicyclic) bond motifs is 1. The number of methoxy groups -OCH3 is 2. The van der Waals surface area contributed by atoms with Gasteiger partial charge in [-0.3, -0.25) is 9.78 Å². The van der Waals surface area contributed by atoms with Gasteiger partial charge in [0.1, 0.15) is 17.6 Å². The van der Waals surface area contributed by atoms with Crippen LogP contribution < -0.4 is 19.7 Å². The molecule has 1 aromatic heterocycles. The number of aliphatic hydroxyl groups is 1. The lowest BCUT2D eigenvalue weighted by atomic mass is 9.98. The zero-order valence-electron chi connectivity index (χ0n) is 25.1. The van der Waals surface area contributed by atoms with Crippen molar-refractivity contribution in [3.8, 4) is 11.5 Å².